The van der Waals surface area contributed by atoms with E-state index in [1.54, 1.807) is 12.1 Å². The fourth-order valence-corrected chi connectivity index (χ4v) is 4.55. The quantitative estimate of drug-likeness (QED) is 0.416. The normalized spacial score (nSPS) is 15.0. The van der Waals surface area contributed by atoms with E-state index >= 15 is 0 Å². The van der Waals surface area contributed by atoms with Crippen LogP contribution in [0.4, 0.5) is 5.82 Å². The van der Waals surface area contributed by atoms with Crippen LogP contribution in [-0.4, -0.2) is 37.2 Å². The number of ether oxygens (including phenoxy) is 3. The first kappa shape index (κ1) is 21.8. The highest BCUT2D eigenvalue weighted by Gasteiger charge is 2.32. The maximum absolute atomic E-state index is 13.1. The minimum atomic E-state index is -0.503. The molecule has 2 heterocycles. The molecule has 0 spiro atoms. The Morgan fingerprint density at radius 3 is 2.34 bits per heavy atom. The van der Waals surface area contributed by atoms with Crippen LogP contribution in [0.5, 0.6) is 17.2 Å². The number of hydrogen-bond donors (Lipinski definition) is 2. The van der Waals surface area contributed by atoms with Crippen LogP contribution in [0.3, 0.4) is 0 Å². The predicted octanol–water partition coefficient (Wildman–Crippen LogP) is 3.56. The second-order valence-corrected chi connectivity index (χ2v) is 8.14. The van der Waals surface area contributed by atoms with Gasteiger partial charge in [0.05, 0.1) is 26.9 Å². The van der Waals surface area contributed by atoms with Gasteiger partial charge >= 0.3 is 0 Å². The number of carbonyl (C=O) groups excluding carboxylic acids is 1. The summed E-state index contributed by atoms with van der Waals surface area (Å²) in [6, 6.07) is 13.4. The third-order valence-corrected chi connectivity index (χ3v) is 6.18. The number of carbonyl (C=O) groups is 1. The molecule has 0 fully saturated rings. The minimum absolute atomic E-state index is 0.104. The van der Waals surface area contributed by atoms with Crippen LogP contribution >= 0.6 is 11.8 Å². The molecule has 0 bridgehead atoms. The summed E-state index contributed by atoms with van der Waals surface area (Å²) in [5.74, 6) is 1.55. The summed E-state index contributed by atoms with van der Waals surface area (Å²) in [7, 11) is 4.56. The van der Waals surface area contributed by atoms with Crippen molar-refractivity contribution in [1.82, 2.24) is 9.97 Å². The molecule has 1 amide bonds. The van der Waals surface area contributed by atoms with Crippen molar-refractivity contribution < 1.29 is 19.0 Å². The van der Waals surface area contributed by atoms with Crippen molar-refractivity contribution in [2.24, 2.45) is 0 Å². The van der Waals surface area contributed by atoms with E-state index in [0.717, 1.165) is 5.56 Å². The van der Waals surface area contributed by atoms with Crippen LogP contribution in [0, 0.1) is 0 Å². The molecule has 8 nitrogen and oxygen atoms in total. The second-order valence-electron chi connectivity index (χ2n) is 7.17. The molecular weight excluding hydrogens is 430 g/mol. The first-order valence-electron chi connectivity index (χ1n) is 9.94. The number of nitrogens with zero attached hydrogens (tertiary/aromatic N) is 1. The van der Waals surface area contributed by atoms with Gasteiger partial charge < -0.3 is 24.5 Å². The Hall–Kier alpha value is -3.46. The van der Waals surface area contributed by atoms with Crippen molar-refractivity contribution in [3.05, 3.63) is 69.5 Å². The third-order valence-electron chi connectivity index (χ3n) is 5.24. The average Bonchev–Trinajstić information content (AvgIpc) is 2.81. The fourth-order valence-electron chi connectivity index (χ4n) is 3.73. The monoisotopic (exact) mass is 453 g/mol. The molecule has 2 aromatic carbocycles. The zero-order chi connectivity index (χ0) is 22.7. The lowest BCUT2D eigenvalue weighted by Gasteiger charge is -2.25. The topological polar surface area (TPSA) is 103 Å². The molecule has 9 heteroatoms. The van der Waals surface area contributed by atoms with Crippen molar-refractivity contribution in [2.45, 2.75) is 23.2 Å². The van der Waals surface area contributed by atoms with Crippen molar-refractivity contribution in [3.63, 3.8) is 0 Å². The molecule has 166 valence electrons. The molecule has 1 atom stereocenters. The number of benzene rings is 2. The highest BCUT2D eigenvalue weighted by molar-refractivity contribution is 7.98. The summed E-state index contributed by atoms with van der Waals surface area (Å²) in [5.41, 5.74) is 1.93. The lowest BCUT2D eigenvalue weighted by molar-refractivity contribution is -0.116. The molecule has 0 saturated carbocycles. The van der Waals surface area contributed by atoms with E-state index < -0.39 is 5.92 Å². The fraction of sp³-hybridized carbons (Fsp3) is 0.261. The number of methoxy groups -OCH3 is 3. The summed E-state index contributed by atoms with van der Waals surface area (Å²) in [4.78, 5) is 32.9. The number of hydrogen-bond acceptors (Lipinski definition) is 7. The van der Waals surface area contributed by atoms with E-state index in [-0.39, 0.29) is 23.7 Å². The average molecular weight is 454 g/mol. The van der Waals surface area contributed by atoms with E-state index in [1.807, 2.05) is 30.3 Å². The summed E-state index contributed by atoms with van der Waals surface area (Å²) >= 11 is 1.40. The van der Waals surface area contributed by atoms with Gasteiger partial charge in [0.2, 0.25) is 11.7 Å². The Kier molecular flexibility index (Phi) is 6.36. The van der Waals surface area contributed by atoms with Crippen LogP contribution in [0.15, 0.2) is 52.4 Å². The second kappa shape index (κ2) is 9.35. The van der Waals surface area contributed by atoms with Crippen LogP contribution < -0.4 is 25.1 Å². The number of anilines is 1. The summed E-state index contributed by atoms with van der Waals surface area (Å²) in [6.45, 7) is 0. The number of nitrogens with one attached hydrogen (secondary N) is 2. The third kappa shape index (κ3) is 4.29. The van der Waals surface area contributed by atoms with Gasteiger partial charge in [-0.2, -0.15) is 0 Å². The standard InChI is InChI=1S/C23H23N3O5S/c1-29-16-9-14(10-17(30-2)20(16)31-3)15-11-18(27)24-21-19(15)22(28)26-23(25-21)32-12-13-7-5-4-6-8-13/h4-10,15H,11-12H2,1-3H3,(H2,24,25,26,27,28)/t15-/m0/s1. The largest absolute Gasteiger partial charge is 0.493 e. The number of fused-ring (bicyclic) bond motifs is 1. The van der Waals surface area contributed by atoms with Crippen LogP contribution in [0.2, 0.25) is 0 Å². The van der Waals surface area contributed by atoms with Crippen molar-refractivity contribution in [1.29, 1.82) is 0 Å². The Morgan fingerprint density at radius 2 is 1.72 bits per heavy atom. The summed E-state index contributed by atoms with van der Waals surface area (Å²) in [6.07, 6.45) is 0.104. The molecule has 1 aliphatic heterocycles. The van der Waals surface area contributed by atoms with Gasteiger partial charge in [-0.1, -0.05) is 42.1 Å². The maximum atomic E-state index is 13.1. The van der Waals surface area contributed by atoms with Gasteiger partial charge in [-0.15, -0.1) is 0 Å². The van der Waals surface area contributed by atoms with E-state index in [9.17, 15) is 9.59 Å². The molecule has 1 aliphatic rings. The molecule has 0 saturated heterocycles. The summed E-state index contributed by atoms with van der Waals surface area (Å²) in [5, 5.41) is 3.20. The van der Waals surface area contributed by atoms with E-state index in [0.29, 0.717) is 39.3 Å². The molecule has 1 aromatic heterocycles. The first-order valence-corrected chi connectivity index (χ1v) is 10.9. The number of rotatable bonds is 7. The lowest BCUT2D eigenvalue weighted by Crippen LogP contribution is -2.31. The van der Waals surface area contributed by atoms with Gasteiger partial charge in [-0.3, -0.25) is 9.59 Å². The molecule has 0 unspecified atom stereocenters. The van der Waals surface area contributed by atoms with Crippen LogP contribution in [0.25, 0.3) is 0 Å². The molecule has 3 aromatic rings. The molecular formula is C23H23N3O5S. The highest BCUT2D eigenvalue weighted by atomic mass is 32.2. The maximum Gasteiger partial charge on any atom is 0.257 e. The number of aromatic nitrogens is 2. The van der Waals surface area contributed by atoms with E-state index in [1.165, 1.54) is 33.1 Å². The van der Waals surface area contributed by atoms with Gasteiger partial charge in [-0.05, 0) is 23.3 Å². The number of aromatic amines is 1. The molecule has 4 rings (SSSR count). The summed E-state index contributed by atoms with van der Waals surface area (Å²) < 4.78 is 16.3. The predicted molar refractivity (Wildman–Crippen MR) is 122 cm³/mol. The number of H-pyrrole nitrogens is 1. The van der Waals surface area contributed by atoms with Gasteiger partial charge in [0.1, 0.15) is 5.82 Å². The first-order chi connectivity index (χ1) is 15.5. The van der Waals surface area contributed by atoms with Gasteiger partial charge in [0.15, 0.2) is 16.7 Å². The molecule has 2 N–H and O–H groups in total. The van der Waals surface area contributed by atoms with Gasteiger partial charge in [0.25, 0.3) is 5.56 Å². The van der Waals surface area contributed by atoms with Crippen molar-refractivity contribution in [2.75, 3.05) is 26.6 Å². The Balaban J connectivity index is 1.72. The lowest BCUT2D eigenvalue weighted by atomic mass is 9.86. The Labute approximate surface area is 189 Å². The Bertz CT molecular complexity index is 1170. The van der Waals surface area contributed by atoms with Crippen molar-refractivity contribution >= 4 is 23.5 Å². The minimum Gasteiger partial charge on any atom is -0.493 e. The highest BCUT2D eigenvalue weighted by Crippen LogP contribution is 2.43. The van der Waals surface area contributed by atoms with E-state index in [2.05, 4.69) is 15.3 Å². The zero-order valence-electron chi connectivity index (χ0n) is 17.9. The van der Waals surface area contributed by atoms with Gasteiger partial charge in [0, 0.05) is 18.1 Å². The smallest absolute Gasteiger partial charge is 0.257 e. The molecule has 32 heavy (non-hydrogen) atoms. The van der Waals surface area contributed by atoms with E-state index in [4.69, 9.17) is 14.2 Å². The molecule has 0 aliphatic carbocycles. The van der Waals surface area contributed by atoms with Crippen molar-refractivity contribution in [3.8, 4) is 17.2 Å². The SMILES string of the molecule is COc1cc([C@@H]2CC(=O)Nc3nc(SCc4ccccc4)[nH]c(=O)c32)cc(OC)c1OC. The number of amides is 1. The Morgan fingerprint density at radius 1 is 1.03 bits per heavy atom. The van der Waals surface area contributed by atoms with Gasteiger partial charge in [-0.25, -0.2) is 4.98 Å². The molecule has 0 radical (unpaired) electrons. The number of thioether (sulfide) groups is 1. The van der Waals surface area contributed by atoms with Crippen LogP contribution in [-0.2, 0) is 10.5 Å². The zero-order valence-corrected chi connectivity index (χ0v) is 18.7. The van der Waals surface area contributed by atoms with Crippen LogP contribution in [0.1, 0.15) is 29.0 Å².